The van der Waals surface area contributed by atoms with Crippen LogP contribution in [0.15, 0.2) is 18.6 Å². The first-order chi connectivity index (χ1) is 19.4. The van der Waals surface area contributed by atoms with Gasteiger partial charge in [-0.15, -0.1) is 0 Å². The summed E-state index contributed by atoms with van der Waals surface area (Å²) in [5, 5.41) is 13.2. The van der Waals surface area contributed by atoms with Crippen molar-refractivity contribution >= 4 is 40.9 Å². The molecule has 41 heavy (non-hydrogen) atoms. The number of nitrogens with zero attached hydrogens (tertiary/aromatic N) is 4. The third kappa shape index (κ3) is 6.40. The van der Waals surface area contributed by atoms with E-state index in [9.17, 15) is 32.7 Å². The number of carboxylic acids is 1. The van der Waals surface area contributed by atoms with E-state index >= 15 is 0 Å². The molecule has 0 atom stereocenters. The summed E-state index contributed by atoms with van der Waals surface area (Å²) in [5.41, 5.74) is -1.47. The van der Waals surface area contributed by atoms with E-state index in [0.717, 1.165) is 36.6 Å². The molecule has 5 rings (SSSR count). The maximum absolute atomic E-state index is 14.5. The fourth-order valence-corrected chi connectivity index (χ4v) is 7.00. The van der Waals surface area contributed by atoms with Gasteiger partial charge < -0.3 is 10.0 Å². The van der Waals surface area contributed by atoms with Crippen LogP contribution in [-0.4, -0.2) is 55.5 Å². The lowest BCUT2D eigenvalue weighted by Gasteiger charge is -2.33. The van der Waals surface area contributed by atoms with E-state index in [1.165, 1.54) is 30.1 Å². The van der Waals surface area contributed by atoms with Gasteiger partial charge in [0.15, 0.2) is 11.5 Å². The van der Waals surface area contributed by atoms with Crippen LogP contribution in [0.25, 0.3) is 0 Å². The Morgan fingerprint density at radius 2 is 1.59 bits per heavy atom. The standard InChI is InChI=1S/C28H31Cl2F3N4O4/c29-20-12-34-13-21(30)23(20)22(38)15-36(14-16-5-7-27(8-6-16)9-10-27)25(39)19-11-35-37(24(19)28(31,32)33)18-3-1-17(2-4-18)26(40)41/h11-13,16-18H,1-10,14-15H2,(H,40,41). The molecule has 3 fully saturated rings. The second-order valence-electron chi connectivity index (χ2n) is 11.7. The minimum absolute atomic E-state index is 0.0102. The molecule has 2 aromatic heterocycles. The zero-order valence-electron chi connectivity index (χ0n) is 22.3. The summed E-state index contributed by atoms with van der Waals surface area (Å²) in [6, 6.07) is -0.693. The van der Waals surface area contributed by atoms with Crippen molar-refractivity contribution in [2.45, 2.75) is 76.4 Å². The van der Waals surface area contributed by atoms with Crippen LogP contribution < -0.4 is 0 Å². The van der Waals surface area contributed by atoms with Crippen LogP contribution in [-0.2, 0) is 11.0 Å². The highest BCUT2D eigenvalue weighted by Gasteiger charge is 2.46. The van der Waals surface area contributed by atoms with Crippen molar-refractivity contribution in [3.05, 3.63) is 45.5 Å². The van der Waals surface area contributed by atoms with E-state index in [0.29, 0.717) is 5.41 Å². The van der Waals surface area contributed by atoms with Crippen molar-refractivity contribution < 1.29 is 32.7 Å². The lowest BCUT2D eigenvalue weighted by atomic mass is 9.79. The molecule has 1 spiro atoms. The highest BCUT2D eigenvalue weighted by atomic mass is 35.5. The van der Waals surface area contributed by atoms with Gasteiger partial charge >= 0.3 is 12.1 Å². The van der Waals surface area contributed by atoms with Crippen molar-refractivity contribution in [3.63, 3.8) is 0 Å². The number of hydrogen-bond donors (Lipinski definition) is 1. The number of ketones is 1. The highest BCUT2D eigenvalue weighted by Crippen LogP contribution is 2.57. The van der Waals surface area contributed by atoms with Gasteiger partial charge in [-0.25, -0.2) is 0 Å². The Hall–Kier alpha value is -2.66. The molecule has 3 aliphatic carbocycles. The summed E-state index contributed by atoms with van der Waals surface area (Å²) in [5.74, 6) is -3.09. The van der Waals surface area contributed by atoms with E-state index in [1.54, 1.807) is 0 Å². The van der Waals surface area contributed by atoms with Gasteiger partial charge in [0.05, 0.1) is 45.9 Å². The van der Waals surface area contributed by atoms with Crippen molar-refractivity contribution in [1.82, 2.24) is 19.7 Å². The molecule has 0 bridgehead atoms. The lowest BCUT2D eigenvalue weighted by Crippen LogP contribution is -2.41. The summed E-state index contributed by atoms with van der Waals surface area (Å²) >= 11 is 12.3. The van der Waals surface area contributed by atoms with E-state index in [-0.39, 0.29) is 53.8 Å². The average molecular weight is 615 g/mol. The molecule has 1 amide bonds. The number of amides is 1. The van der Waals surface area contributed by atoms with Gasteiger partial charge in [0.25, 0.3) is 5.91 Å². The monoisotopic (exact) mass is 614 g/mol. The van der Waals surface area contributed by atoms with Crippen LogP contribution in [0.1, 0.15) is 96.7 Å². The van der Waals surface area contributed by atoms with Gasteiger partial charge in [-0.3, -0.25) is 24.0 Å². The molecule has 1 N–H and O–H groups in total. The largest absolute Gasteiger partial charge is 0.481 e. The molecule has 0 aliphatic heterocycles. The van der Waals surface area contributed by atoms with Gasteiger partial charge in [0.2, 0.25) is 0 Å². The first-order valence-corrected chi connectivity index (χ1v) is 14.6. The molecule has 0 aromatic carbocycles. The summed E-state index contributed by atoms with van der Waals surface area (Å²) in [4.78, 5) is 43.5. The fraction of sp³-hybridized carbons (Fsp3) is 0.607. The fourth-order valence-electron chi connectivity index (χ4n) is 6.43. The van der Waals surface area contributed by atoms with Gasteiger partial charge in [-0.05, 0) is 75.5 Å². The number of pyridine rings is 1. The van der Waals surface area contributed by atoms with Gasteiger partial charge in [-0.2, -0.15) is 18.3 Å². The van der Waals surface area contributed by atoms with Gasteiger partial charge in [-0.1, -0.05) is 23.2 Å². The Labute approximate surface area is 245 Å². The number of aliphatic carboxylic acids is 1. The van der Waals surface area contributed by atoms with E-state index < -0.39 is 53.6 Å². The van der Waals surface area contributed by atoms with E-state index in [1.807, 2.05) is 0 Å². The predicted octanol–water partition coefficient (Wildman–Crippen LogP) is 6.72. The molecule has 0 radical (unpaired) electrons. The quantitative estimate of drug-likeness (QED) is 0.331. The molecule has 0 unspecified atom stereocenters. The Morgan fingerprint density at radius 3 is 2.12 bits per heavy atom. The van der Waals surface area contributed by atoms with Crippen molar-refractivity contribution in [2.75, 3.05) is 13.1 Å². The normalized spacial score (nSPS) is 22.5. The zero-order valence-corrected chi connectivity index (χ0v) is 23.8. The van der Waals surface area contributed by atoms with E-state index in [2.05, 4.69) is 10.1 Å². The smallest absolute Gasteiger partial charge is 0.433 e. The minimum atomic E-state index is -4.90. The maximum Gasteiger partial charge on any atom is 0.433 e. The average Bonchev–Trinajstić information content (AvgIpc) is 3.51. The summed E-state index contributed by atoms with van der Waals surface area (Å²) in [6.07, 6.45) is 5.35. The third-order valence-electron chi connectivity index (χ3n) is 9.04. The molecule has 13 heteroatoms. The number of halogens is 5. The second-order valence-corrected chi connectivity index (χ2v) is 12.5. The first kappa shape index (κ1) is 29.8. The topological polar surface area (TPSA) is 105 Å². The molecule has 8 nitrogen and oxygen atoms in total. The number of carbonyl (C=O) groups excluding carboxylic acids is 2. The number of carboxylic acid groups (broad SMARTS) is 1. The van der Waals surface area contributed by atoms with Crippen LogP contribution in [0.4, 0.5) is 13.2 Å². The minimum Gasteiger partial charge on any atom is -0.481 e. The molecule has 0 saturated heterocycles. The molecular formula is C28H31Cl2F3N4O4. The summed E-state index contributed by atoms with van der Waals surface area (Å²) in [6.45, 7) is -0.386. The lowest BCUT2D eigenvalue weighted by molar-refractivity contribution is -0.147. The van der Waals surface area contributed by atoms with Crippen molar-refractivity contribution in [3.8, 4) is 0 Å². The summed E-state index contributed by atoms with van der Waals surface area (Å²) < 4.78 is 44.2. The number of carbonyl (C=O) groups is 3. The van der Waals surface area contributed by atoms with Crippen LogP contribution in [0.5, 0.6) is 0 Å². The molecule has 3 saturated carbocycles. The molecule has 222 valence electrons. The molecule has 3 aliphatic rings. The molecule has 2 aromatic rings. The molecular weight excluding hydrogens is 584 g/mol. The number of aromatic nitrogens is 3. The van der Waals surface area contributed by atoms with Crippen molar-refractivity contribution in [1.29, 1.82) is 0 Å². The van der Waals surface area contributed by atoms with Crippen molar-refractivity contribution in [2.24, 2.45) is 17.3 Å². The highest BCUT2D eigenvalue weighted by molar-refractivity contribution is 6.39. The molecule has 2 heterocycles. The van der Waals surface area contributed by atoms with Crippen LogP contribution >= 0.6 is 23.2 Å². The zero-order chi connectivity index (χ0) is 29.5. The maximum atomic E-state index is 14.5. The Morgan fingerprint density at radius 1 is 0.976 bits per heavy atom. The Kier molecular flexibility index (Phi) is 8.40. The predicted molar refractivity (Wildman–Crippen MR) is 144 cm³/mol. The van der Waals surface area contributed by atoms with Crippen LogP contribution in [0.3, 0.4) is 0 Å². The SMILES string of the molecule is O=C(CN(CC1CCC2(CC1)CC2)C(=O)c1cnn(C2CCC(C(=O)O)CC2)c1C(F)(F)F)c1c(Cl)cncc1Cl. The Balaban J connectivity index is 1.43. The third-order valence-corrected chi connectivity index (χ3v) is 9.61. The number of rotatable bonds is 8. The van der Waals surface area contributed by atoms with Crippen LogP contribution in [0, 0.1) is 17.3 Å². The van der Waals surface area contributed by atoms with Gasteiger partial charge in [0, 0.05) is 18.9 Å². The van der Waals surface area contributed by atoms with E-state index in [4.69, 9.17) is 23.2 Å². The van der Waals surface area contributed by atoms with Gasteiger partial charge in [0.1, 0.15) is 0 Å². The van der Waals surface area contributed by atoms with Crippen LogP contribution in [0.2, 0.25) is 10.0 Å². The second kappa shape index (κ2) is 11.6. The number of alkyl halides is 3. The Bertz CT molecular complexity index is 1310. The number of Topliss-reactive ketones (excluding diaryl/α,β-unsaturated/α-hetero) is 1. The first-order valence-electron chi connectivity index (χ1n) is 13.9. The summed E-state index contributed by atoms with van der Waals surface area (Å²) in [7, 11) is 0. The number of hydrogen-bond acceptors (Lipinski definition) is 5.